The molecule has 26 heavy (non-hydrogen) atoms. The van der Waals surface area contributed by atoms with Crippen LogP contribution in [0, 0.1) is 0 Å². The average molecular weight is 374 g/mol. The van der Waals surface area contributed by atoms with Gasteiger partial charge < -0.3 is 39.8 Å². The molecule has 6 atom stereocenters. The van der Waals surface area contributed by atoms with E-state index in [0.29, 0.717) is 0 Å². The first-order valence-corrected chi connectivity index (χ1v) is 7.53. The predicted molar refractivity (Wildman–Crippen MR) is 72.8 cm³/mol. The molecule has 0 spiro atoms. The molecule has 0 unspecified atom stereocenters. The summed E-state index contributed by atoms with van der Waals surface area (Å²) in [6, 6.07) is -1.29. The number of hydrogen-bond donors (Lipinski definition) is 4. The van der Waals surface area contributed by atoms with Crippen LogP contribution in [-0.2, 0) is 28.5 Å². The summed E-state index contributed by atoms with van der Waals surface area (Å²) in [6.45, 7) is -1.16. The van der Waals surface area contributed by atoms with Crippen molar-refractivity contribution in [1.29, 1.82) is 0 Å². The Morgan fingerprint density at radius 2 is 1.19 bits per heavy atom. The third kappa shape index (κ3) is 2.68. The van der Waals surface area contributed by atoms with Crippen LogP contribution in [0.5, 0.6) is 0 Å². The Balaban J connectivity index is 1.40. The van der Waals surface area contributed by atoms with Gasteiger partial charge in [-0.1, -0.05) is 0 Å². The van der Waals surface area contributed by atoms with Crippen molar-refractivity contribution in [3.8, 4) is 0 Å². The van der Waals surface area contributed by atoms with Crippen LogP contribution < -0.4 is 10.6 Å². The highest BCUT2D eigenvalue weighted by atomic mass is 16.8. The van der Waals surface area contributed by atoms with E-state index in [2.05, 4.69) is 10.6 Å². The van der Waals surface area contributed by atoms with Crippen molar-refractivity contribution in [2.45, 2.75) is 37.5 Å². The van der Waals surface area contributed by atoms with E-state index >= 15 is 0 Å². The zero-order chi connectivity index (χ0) is 18.6. The van der Waals surface area contributed by atoms with Gasteiger partial charge >= 0.3 is 24.0 Å². The molecule has 4 saturated heterocycles. The zero-order valence-electron chi connectivity index (χ0n) is 12.9. The standard InChI is InChI=1S/C12H14N4O10/c17-3(18)1-15-7-5(13-11(15)21)23-9(25-7)10-24-6-8(26-10)16(2-4(19)20)12(22)14-6/h5-10H,1-2H2,(H,13,21)(H,14,22)(H,17,18)(H,19,20)/t5-,6-,7-,8+,9-,10+/m1/s1. The molecule has 0 aromatic heterocycles. The molecule has 0 saturated carbocycles. The van der Waals surface area contributed by atoms with Gasteiger partial charge in [0.05, 0.1) is 0 Å². The number of hydrogen-bond acceptors (Lipinski definition) is 8. The molecule has 0 radical (unpaired) electrons. The first-order valence-electron chi connectivity index (χ1n) is 7.53. The Labute approximate surface area is 144 Å². The van der Waals surface area contributed by atoms with Gasteiger partial charge in [0.15, 0.2) is 24.9 Å². The monoisotopic (exact) mass is 374 g/mol. The summed E-state index contributed by atoms with van der Waals surface area (Å²) in [7, 11) is 0. The molecule has 4 N–H and O–H groups in total. The zero-order valence-corrected chi connectivity index (χ0v) is 12.9. The third-order valence-electron chi connectivity index (χ3n) is 4.13. The van der Waals surface area contributed by atoms with E-state index in [1.165, 1.54) is 0 Å². The smallest absolute Gasteiger partial charge is 0.323 e. The average Bonchev–Trinajstić information content (AvgIpc) is 3.24. The Morgan fingerprint density at radius 1 is 0.808 bits per heavy atom. The van der Waals surface area contributed by atoms with Crippen molar-refractivity contribution >= 4 is 24.0 Å². The Bertz CT molecular complexity index is 616. The second-order valence-corrected chi connectivity index (χ2v) is 5.85. The van der Waals surface area contributed by atoms with Crippen molar-refractivity contribution in [2.75, 3.05) is 13.1 Å². The molecule has 4 aliphatic rings. The van der Waals surface area contributed by atoms with Crippen LogP contribution in [0.25, 0.3) is 0 Å². The summed E-state index contributed by atoms with van der Waals surface area (Å²) >= 11 is 0. The van der Waals surface area contributed by atoms with Crippen LogP contribution in [-0.4, -0.2) is 94.6 Å². The minimum atomic E-state index is -1.22. The van der Waals surface area contributed by atoms with Gasteiger partial charge in [0, 0.05) is 0 Å². The highest BCUT2D eigenvalue weighted by molar-refractivity contribution is 5.83. The minimum Gasteiger partial charge on any atom is -0.480 e. The van der Waals surface area contributed by atoms with E-state index in [0.717, 1.165) is 9.80 Å². The lowest BCUT2D eigenvalue weighted by molar-refractivity contribution is -0.235. The predicted octanol–water partition coefficient (Wildman–Crippen LogP) is -2.74. The number of carbonyl (C=O) groups excluding carboxylic acids is 2. The van der Waals surface area contributed by atoms with Gasteiger partial charge in [-0.05, 0) is 0 Å². The Morgan fingerprint density at radius 3 is 1.54 bits per heavy atom. The molecular weight excluding hydrogens is 360 g/mol. The molecule has 0 aliphatic carbocycles. The van der Waals surface area contributed by atoms with Crippen LogP contribution in [0.4, 0.5) is 9.59 Å². The van der Waals surface area contributed by atoms with Gasteiger partial charge in [-0.15, -0.1) is 0 Å². The lowest BCUT2D eigenvalue weighted by Crippen LogP contribution is -2.43. The van der Waals surface area contributed by atoms with Gasteiger partial charge in [0.25, 0.3) is 0 Å². The summed E-state index contributed by atoms with van der Waals surface area (Å²) in [6.07, 6.45) is -6.03. The summed E-state index contributed by atoms with van der Waals surface area (Å²) in [4.78, 5) is 47.0. The number of carbonyl (C=O) groups is 4. The molecule has 14 nitrogen and oxygen atoms in total. The van der Waals surface area contributed by atoms with Crippen molar-refractivity contribution in [2.24, 2.45) is 0 Å². The molecule has 4 rings (SSSR count). The SMILES string of the molecule is O=C(O)CN1C(=O)N[C@@H]2O[C@@H]([C@H]3O[C@H]4NC(=O)N(CC(=O)O)[C@H]4O3)O[C@H]21. The van der Waals surface area contributed by atoms with Crippen molar-refractivity contribution < 1.29 is 48.3 Å². The van der Waals surface area contributed by atoms with Crippen LogP contribution in [0.15, 0.2) is 0 Å². The van der Waals surface area contributed by atoms with Crippen LogP contribution >= 0.6 is 0 Å². The number of nitrogens with zero attached hydrogens (tertiary/aromatic N) is 2. The Hall–Kier alpha value is -2.68. The van der Waals surface area contributed by atoms with Gasteiger partial charge in [0.1, 0.15) is 13.1 Å². The van der Waals surface area contributed by atoms with Crippen molar-refractivity contribution in [3.63, 3.8) is 0 Å². The number of urea groups is 2. The summed E-state index contributed by atoms with van der Waals surface area (Å²) in [5, 5.41) is 22.6. The van der Waals surface area contributed by atoms with Crippen molar-refractivity contribution in [1.82, 2.24) is 20.4 Å². The number of amides is 4. The van der Waals surface area contributed by atoms with E-state index in [1.807, 2.05) is 0 Å². The highest BCUT2D eigenvalue weighted by Gasteiger charge is 2.57. The summed E-state index contributed by atoms with van der Waals surface area (Å²) in [5.74, 6) is -2.44. The number of carboxylic acid groups (broad SMARTS) is 2. The lowest BCUT2D eigenvalue weighted by atomic mass is 10.4. The second kappa shape index (κ2) is 5.94. The molecule has 4 fully saturated rings. The number of ether oxygens (including phenoxy) is 4. The van der Waals surface area contributed by atoms with E-state index < -0.39 is 74.6 Å². The van der Waals surface area contributed by atoms with E-state index in [9.17, 15) is 19.2 Å². The summed E-state index contributed by atoms with van der Waals surface area (Å²) < 4.78 is 22.0. The second-order valence-electron chi connectivity index (χ2n) is 5.85. The highest BCUT2D eigenvalue weighted by Crippen LogP contribution is 2.34. The molecule has 4 heterocycles. The number of aliphatic carboxylic acids is 2. The number of nitrogens with one attached hydrogen (secondary N) is 2. The molecule has 4 aliphatic heterocycles. The van der Waals surface area contributed by atoms with Crippen LogP contribution in [0.2, 0.25) is 0 Å². The quantitative estimate of drug-likeness (QED) is 0.395. The maximum absolute atomic E-state index is 11.7. The molecule has 0 aromatic rings. The van der Waals surface area contributed by atoms with Gasteiger partial charge in [-0.3, -0.25) is 19.4 Å². The largest absolute Gasteiger partial charge is 0.480 e. The first kappa shape index (κ1) is 16.8. The molecule has 14 heteroatoms. The van der Waals surface area contributed by atoms with Gasteiger partial charge in [-0.2, -0.15) is 0 Å². The third-order valence-corrected chi connectivity index (χ3v) is 4.13. The van der Waals surface area contributed by atoms with E-state index in [4.69, 9.17) is 29.2 Å². The molecule has 142 valence electrons. The fourth-order valence-electron chi connectivity index (χ4n) is 3.10. The normalized spacial score (nSPS) is 38.2. The van der Waals surface area contributed by atoms with E-state index in [-0.39, 0.29) is 0 Å². The number of fused-ring (bicyclic) bond motifs is 2. The van der Waals surface area contributed by atoms with Gasteiger partial charge in [-0.25, -0.2) is 9.59 Å². The fourth-order valence-corrected chi connectivity index (χ4v) is 3.10. The molecule has 0 aromatic carbocycles. The fraction of sp³-hybridized carbons (Fsp3) is 0.667. The lowest BCUT2D eigenvalue weighted by Gasteiger charge is -2.23. The number of carboxylic acids is 2. The maximum atomic E-state index is 11.7. The molecule has 0 bridgehead atoms. The topological polar surface area (TPSA) is 176 Å². The maximum Gasteiger partial charge on any atom is 0.323 e. The van der Waals surface area contributed by atoms with Gasteiger partial charge in [0.2, 0.25) is 12.6 Å². The Kier molecular flexibility index (Phi) is 3.83. The first-order chi connectivity index (χ1) is 12.3. The molecule has 4 amide bonds. The molecular formula is C12H14N4O10. The van der Waals surface area contributed by atoms with Crippen molar-refractivity contribution in [3.05, 3.63) is 0 Å². The van der Waals surface area contributed by atoms with Crippen LogP contribution in [0.3, 0.4) is 0 Å². The summed E-state index contributed by atoms with van der Waals surface area (Å²) in [5.41, 5.74) is 0. The van der Waals surface area contributed by atoms with E-state index in [1.54, 1.807) is 0 Å². The number of rotatable bonds is 5. The minimum absolute atomic E-state index is 0.580. The van der Waals surface area contributed by atoms with Crippen LogP contribution in [0.1, 0.15) is 0 Å².